The summed E-state index contributed by atoms with van der Waals surface area (Å²) in [6, 6.07) is 13.6. The fourth-order valence-electron chi connectivity index (χ4n) is 2.78. The van der Waals surface area contributed by atoms with E-state index in [2.05, 4.69) is 6.07 Å². The lowest BCUT2D eigenvalue weighted by Gasteiger charge is -2.14. The van der Waals surface area contributed by atoms with Gasteiger partial charge in [0.25, 0.3) is 5.91 Å². The molecule has 0 unspecified atom stereocenters. The minimum atomic E-state index is -0.00950. The van der Waals surface area contributed by atoms with E-state index in [1.54, 1.807) is 26.4 Å². The topological polar surface area (TPSA) is 38.8 Å². The second-order valence-corrected chi connectivity index (χ2v) is 5.32. The predicted octanol–water partition coefficient (Wildman–Crippen LogP) is 3.31. The molecule has 0 bridgehead atoms. The number of benzene rings is 2. The van der Waals surface area contributed by atoms with Crippen LogP contribution in [0, 0.1) is 0 Å². The van der Waals surface area contributed by atoms with Gasteiger partial charge in [-0.3, -0.25) is 4.79 Å². The lowest BCUT2D eigenvalue weighted by Crippen LogP contribution is -2.26. The van der Waals surface area contributed by atoms with Crippen LogP contribution in [-0.2, 0) is 11.2 Å². The monoisotopic (exact) mass is 309 g/mol. The smallest absolute Gasteiger partial charge is 0.251 e. The zero-order valence-corrected chi connectivity index (χ0v) is 13.3. The summed E-state index contributed by atoms with van der Waals surface area (Å²) in [6.07, 6.45) is 4.31. The third kappa shape index (κ3) is 3.06. The van der Waals surface area contributed by atoms with Crippen molar-refractivity contribution in [3.8, 4) is 11.5 Å². The number of amides is 1. The van der Waals surface area contributed by atoms with E-state index in [9.17, 15) is 4.79 Å². The van der Waals surface area contributed by atoms with E-state index in [0.29, 0.717) is 11.5 Å². The molecule has 0 spiro atoms. The summed E-state index contributed by atoms with van der Waals surface area (Å²) in [5.41, 5.74) is 3.12. The van der Waals surface area contributed by atoms with E-state index in [4.69, 9.17) is 9.47 Å². The average Bonchev–Trinajstić information content (AvgIpc) is 3.03. The van der Waals surface area contributed by atoms with Gasteiger partial charge in [-0.2, -0.15) is 0 Å². The van der Waals surface area contributed by atoms with Crippen LogP contribution in [-0.4, -0.2) is 26.7 Å². The van der Waals surface area contributed by atoms with Crippen LogP contribution in [0.4, 0.5) is 5.69 Å². The van der Waals surface area contributed by atoms with Gasteiger partial charge >= 0.3 is 0 Å². The number of ether oxygens (including phenoxy) is 2. The number of anilines is 1. The minimum Gasteiger partial charge on any atom is -0.493 e. The summed E-state index contributed by atoms with van der Waals surface area (Å²) in [7, 11) is 3.19. The summed E-state index contributed by atoms with van der Waals surface area (Å²) in [5, 5.41) is 0. The van der Waals surface area contributed by atoms with Crippen molar-refractivity contribution in [2.24, 2.45) is 0 Å². The van der Waals surface area contributed by atoms with Gasteiger partial charge in [0.1, 0.15) is 0 Å². The van der Waals surface area contributed by atoms with Crippen LogP contribution in [0.1, 0.15) is 11.1 Å². The molecule has 0 atom stereocenters. The zero-order valence-electron chi connectivity index (χ0n) is 13.3. The van der Waals surface area contributed by atoms with Crippen molar-refractivity contribution in [2.75, 3.05) is 25.7 Å². The number of carbonyl (C=O) groups excluding carboxylic acids is 1. The molecule has 0 N–H and O–H groups in total. The molecule has 1 heterocycles. The third-order valence-corrected chi connectivity index (χ3v) is 3.98. The van der Waals surface area contributed by atoms with Gasteiger partial charge in [0, 0.05) is 18.3 Å². The van der Waals surface area contributed by atoms with Gasteiger partial charge in [-0.15, -0.1) is 0 Å². The van der Waals surface area contributed by atoms with Crippen molar-refractivity contribution in [1.82, 2.24) is 0 Å². The Morgan fingerprint density at radius 1 is 1.09 bits per heavy atom. The summed E-state index contributed by atoms with van der Waals surface area (Å²) in [6.45, 7) is 0.731. The first-order valence-electron chi connectivity index (χ1n) is 7.52. The largest absolute Gasteiger partial charge is 0.493 e. The quantitative estimate of drug-likeness (QED) is 0.813. The first-order chi connectivity index (χ1) is 11.2. The number of hydrogen-bond acceptors (Lipinski definition) is 3. The second-order valence-electron chi connectivity index (χ2n) is 5.32. The molecule has 1 amide bonds. The summed E-state index contributed by atoms with van der Waals surface area (Å²) >= 11 is 0. The molecule has 2 aromatic carbocycles. The Bertz CT molecular complexity index is 752. The van der Waals surface area contributed by atoms with Crippen molar-refractivity contribution in [1.29, 1.82) is 0 Å². The molecule has 3 rings (SSSR count). The van der Waals surface area contributed by atoms with Gasteiger partial charge in [0.05, 0.1) is 14.2 Å². The molecule has 4 nitrogen and oxygen atoms in total. The van der Waals surface area contributed by atoms with Crippen molar-refractivity contribution in [2.45, 2.75) is 6.42 Å². The van der Waals surface area contributed by atoms with E-state index < -0.39 is 0 Å². The normalized spacial score (nSPS) is 13.2. The van der Waals surface area contributed by atoms with E-state index in [-0.39, 0.29) is 5.91 Å². The highest BCUT2D eigenvalue weighted by Crippen LogP contribution is 2.29. The maximum absolute atomic E-state index is 12.4. The third-order valence-electron chi connectivity index (χ3n) is 3.98. The molecule has 23 heavy (non-hydrogen) atoms. The molecule has 0 radical (unpaired) electrons. The van der Waals surface area contributed by atoms with E-state index in [1.165, 1.54) is 5.56 Å². The molecule has 2 aromatic rings. The van der Waals surface area contributed by atoms with Gasteiger partial charge in [0.15, 0.2) is 11.5 Å². The van der Waals surface area contributed by atoms with Crippen LogP contribution < -0.4 is 14.4 Å². The van der Waals surface area contributed by atoms with Gasteiger partial charge in [0.2, 0.25) is 0 Å². The lowest BCUT2D eigenvalue weighted by molar-refractivity contribution is -0.114. The SMILES string of the molecule is COc1ccc(/C=C\C(=O)N2CCc3ccccc32)cc1OC. The number of hydrogen-bond donors (Lipinski definition) is 0. The highest BCUT2D eigenvalue weighted by Gasteiger charge is 2.22. The first-order valence-corrected chi connectivity index (χ1v) is 7.52. The van der Waals surface area contributed by atoms with E-state index in [0.717, 1.165) is 24.2 Å². The summed E-state index contributed by atoms with van der Waals surface area (Å²) < 4.78 is 10.5. The Morgan fingerprint density at radius 2 is 1.87 bits per heavy atom. The molecule has 0 saturated heterocycles. The number of para-hydroxylation sites is 1. The van der Waals surface area contributed by atoms with Crippen LogP contribution in [0.15, 0.2) is 48.5 Å². The van der Waals surface area contributed by atoms with Gasteiger partial charge in [-0.25, -0.2) is 0 Å². The number of nitrogens with zero attached hydrogens (tertiary/aromatic N) is 1. The highest BCUT2D eigenvalue weighted by atomic mass is 16.5. The van der Waals surface area contributed by atoms with Crippen molar-refractivity contribution in [3.05, 3.63) is 59.7 Å². The Morgan fingerprint density at radius 3 is 2.65 bits per heavy atom. The van der Waals surface area contributed by atoms with Crippen LogP contribution >= 0.6 is 0 Å². The van der Waals surface area contributed by atoms with E-state index >= 15 is 0 Å². The van der Waals surface area contributed by atoms with Crippen molar-refractivity contribution >= 4 is 17.7 Å². The summed E-state index contributed by atoms with van der Waals surface area (Å²) in [4.78, 5) is 14.3. The Hall–Kier alpha value is -2.75. The van der Waals surface area contributed by atoms with Crippen molar-refractivity contribution in [3.63, 3.8) is 0 Å². The molecular formula is C19H19NO3. The fraction of sp³-hybridized carbons (Fsp3) is 0.211. The average molecular weight is 309 g/mol. The zero-order chi connectivity index (χ0) is 16.2. The van der Waals surface area contributed by atoms with Gasteiger partial charge in [-0.05, 0) is 41.8 Å². The molecule has 0 aromatic heterocycles. The first kappa shape index (κ1) is 15.2. The Labute approximate surface area is 135 Å². The maximum atomic E-state index is 12.4. The Kier molecular flexibility index (Phi) is 4.33. The maximum Gasteiger partial charge on any atom is 0.251 e. The van der Waals surface area contributed by atoms with Crippen LogP contribution in [0.5, 0.6) is 11.5 Å². The van der Waals surface area contributed by atoms with Crippen molar-refractivity contribution < 1.29 is 14.3 Å². The molecular weight excluding hydrogens is 290 g/mol. The lowest BCUT2D eigenvalue weighted by atomic mass is 10.1. The second kappa shape index (κ2) is 6.57. The standard InChI is InChI=1S/C19H19NO3/c1-22-17-9-7-14(13-18(17)23-2)8-10-19(21)20-12-11-15-5-3-4-6-16(15)20/h3-10,13H,11-12H2,1-2H3/b10-8-. The Balaban J connectivity index is 1.77. The number of methoxy groups -OCH3 is 2. The number of rotatable bonds is 4. The minimum absolute atomic E-state index is 0.00950. The van der Waals surface area contributed by atoms with Crippen LogP contribution in [0.3, 0.4) is 0 Å². The van der Waals surface area contributed by atoms with Crippen LogP contribution in [0.25, 0.3) is 6.08 Å². The van der Waals surface area contributed by atoms with Crippen LogP contribution in [0.2, 0.25) is 0 Å². The molecule has 0 fully saturated rings. The molecule has 0 aliphatic carbocycles. The summed E-state index contributed by atoms with van der Waals surface area (Å²) in [5.74, 6) is 1.31. The number of fused-ring (bicyclic) bond motifs is 1. The molecule has 118 valence electrons. The molecule has 1 aliphatic heterocycles. The van der Waals surface area contributed by atoms with E-state index in [1.807, 2.05) is 41.3 Å². The number of carbonyl (C=O) groups is 1. The molecule has 4 heteroatoms. The van der Waals surface area contributed by atoms with Gasteiger partial charge in [-0.1, -0.05) is 24.3 Å². The highest BCUT2D eigenvalue weighted by molar-refractivity contribution is 6.05. The predicted molar refractivity (Wildman–Crippen MR) is 91.1 cm³/mol. The molecule has 1 aliphatic rings. The van der Waals surface area contributed by atoms with Gasteiger partial charge < -0.3 is 14.4 Å². The fourth-order valence-corrected chi connectivity index (χ4v) is 2.78. The molecule has 0 saturated carbocycles.